The Bertz CT molecular complexity index is 391. The average Bonchev–Trinajstić information content (AvgIpc) is 2.77. The Kier molecular flexibility index (Phi) is 3.94. The van der Waals surface area contributed by atoms with Crippen LogP contribution in [-0.2, 0) is 0 Å². The van der Waals surface area contributed by atoms with Gasteiger partial charge < -0.3 is 11.1 Å². The number of nitrogens with two attached hydrogens (primary N) is 1. The Balaban J connectivity index is 1.99. The van der Waals surface area contributed by atoms with Crippen molar-refractivity contribution < 1.29 is 4.79 Å². The summed E-state index contributed by atoms with van der Waals surface area (Å²) < 4.78 is 0. The molecule has 1 aliphatic carbocycles. The summed E-state index contributed by atoms with van der Waals surface area (Å²) in [6.07, 6.45) is 5.61. The Morgan fingerprint density at radius 2 is 2.06 bits per heavy atom. The molecule has 4 heteroatoms. The van der Waals surface area contributed by atoms with Gasteiger partial charge in [0.25, 0.3) is 5.91 Å². The number of carbonyl (C=O) groups excluding carboxylic acids is 1. The van der Waals surface area contributed by atoms with Crippen LogP contribution in [0.1, 0.15) is 29.6 Å². The third-order valence-electron chi connectivity index (χ3n) is 3.24. The summed E-state index contributed by atoms with van der Waals surface area (Å²) in [4.78, 5) is 12.0. The van der Waals surface area contributed by atoms with Crippen molar-refractivity contribution in [1.29, 1.82) is 0 Å². The molecule has 17 heavy (non-hydrogen) atoms. The Labute approximate surface area is 106 Å². The van der Waals surface area contributed by atoms with Crippen LogP contribution in [0.25, 0.3) is 0 Å². The molecule has 3 nitrogen and oxygen atoms in total. The number of hydrogen-bond acceptors (Lipinski definition) is 3. The fourth-order valence-corrected chi connectivity index (χ4v) is 3.19. The van der Waals surface area contributed by atoms with Crippen molar-refractivity contribution in [3.63, 3.8) is 0 Å². The molecule has 1 fully saturated rings. The van der Waals surface area contributed by atoms with Gasteiger partial charge in [0.15, 0.2) is 0 Å². The third kappa shape index (κ3) is 2.94. The number of thioether (sulfide) groups is 1. The first-order valence-electron chi connectivity index (χ1n) is 5.90. The standard InChI is InChI=1S/C13H18N2OS/c1-17-12-4-2-3-11(12)15-13(16)9-5-7-10(14)8-6-9/h5-8,11-12H,2-4,14H2,1H3,(H,15,16). The Morgan fingerprint density at radius 1 is 1.35 bits per heavy atom. The first kappa shape index (κ1) is 12.3. The molecular formula is C13H18N2OS. The maximum atomic E-state index is 12.0. The lowest BCUT2D eigenvalue weighted by atomic mass is 10.1. The number of nitrogens with one attached hydrogen (secondary N) is 1. The zero-order chi connectivity index (χ0) is 12.3. The maximum Gasteiger partial charge on any atom is 0.251 e. The molecular weight excluding hydrogens is 232 g/mol. The third-order valence-corrected chi connectivity index (χ3v) is 4.41. The summed E-state index contributed by atoms with van der Waals surface area (Å²) in [7, 11) is 0. The highest BCUT2D eigenvalue weighted by Gasteiger charge is 2.27. The molecule has 0 heterocycles. The topological polar surface area (TPSA) is 55.1 Å². The van der Waals surface area contributed by atoms with Crippen molar-refractivity contribution in [2.75, 3.05) is 12.0 Å². The summed E-state index contributed by atoms with van der Waals surface area (Å²) in [5.74, 6) is 0.0101. The van der Waals surface area contributed by atoms with E-state index in [1.165, 1.54) is 12.8 Å². The molecule has 92 valence electrons. The summed E-state index contributed by atoms with van der Waals surface area (Å²) in [5.41, 5.74) is 6.97. The van der Waals surface area contributed by atoms with Crippen LogP contribution in [0, 0.1) is 0 Å². The SMILES string of the molecule is CSC1CCCC1NC(=O)c1ccc(N)cc1. The van der Waals surface area contributed by atoms with Crippen molar-refractivity contribution >= 4 is 23.4 Å². The summed E-state index contributed by atoms with van der Waals surface area (Å²) in [6.45, 7) is 0. The first-order valence-corrected chi connectivity index (χ1v) is 7.18. The van der Waals surface area contributed by atoms with Gasteiger partial charge in [-0.15, -0.1) is 0 Å². The second kappa shape index (κ2) is 5.45. The van der Waals surface area contributed by atoms with Gasteiger partial charge in [-0.2, -0.15) is 11.8 Å². The van der Waals surface area contributed by atoms with E-state index < -0.39 is 0 Å². The van der Waals surface area contributed by atoms with Crippen molar-refractivity contribution in [1.82, 2.24) is 5.32 Å². The van der Waals surface area contributed by atoms with Gasteiger partial charge in [0.05, 0.1) is 0 Å². The number of benzene rings is 1. The lowest BCUT2D eigenvalue weighted by Crippen LogP contribution is -2.38. The molecule has 0 saturated heterocycles. The molecule has 0 spiro atoms. The highest BCUT2D eigenvalue weighted by molar-refractivity contribution is 7.99. The fraction of sp³-hybridized carbons (Fsp3) is 0.462. The van der Waals surface area contributed by atoms with E-state index >= 15 is 0 Å². The molecule has 0 aliphatic heterocycles. The molecule has 0 radical (unpaired) electrons. The highest BCUT2D eigenvalue weighted by Crippen LogP contribution is 2.28. The molecule has 0 bridgehead atoms. The number of carbonyl (C=O) groups is 1. The number of nitrogen functional groups attached to an aromatic ring is 1. The molecule has 2 unspecified atom stereocenters. The van der Waals surface area contributed by atoms with Crippen LogP contribution in [0.4, 0.5) is 5.69 Å². The van der Waals surface area contributed by atoms with E-state index in [-0.39, 0.29) is 5.91 Å². The van der Waals surface area contributed by atoms with Gasteiger partial charge in [0.1, 0.15) is 0 Å². The van der Waals surface area contributed by atoms with Crippen LogP contribution in [0.5, 0.6) is 0 Å². The smallest absolute Gasteiger partial charge is 0.251 e. The lowest BCUT2D eigenvalue weighted by Gasteiger charge is -2.19. The number of anilines is 1. The van der Waals surface area contributed by atoms with Crippen molar-refractivity contribution in [3.8, 4) is 0 Å². The van der Waals surface area contributed by atoms with Crippen LogP contribution in [0.2, 0.25) is 0 Å². The summed E-state index contributed by atoms with van der Waals surface area (Å²) in [6, 6.07) is 7.38. The number of hydrogen-bond donors (Lipinski definition) is 2. The minimum Gasteiger partial charge on any atom is -0.399 e. The van der Waals surface area contributed by atoms with Crippen molar-refractivity contribution in [2.24, 2.45) is 0 Å². The van der Waals surface area contributed by atoms with E-state index in [0.717, 1.165) is 6.42 Å². The van der Waals surface area contributed by atoms with Gasteiger partial charge >= 0.3 is 0 Å². The summed E-state index contributed by atoms with van der Waals surface area (Å²) in [5, 5.41) is 3.68. The van der Waals surface area contributed by atoms with Crippen molar-refractivity contribution in [3.05, 3.63) is 29.8 Å². The highest BCUT2D eigenvalue weighted by atomic mass is 32.2. The average molecular weight is 250 g/mol. The monoisotopic (exact) mass is 250 g/mol. The maximum absolute atomic E-state index is 12.0. The molecule has 1 aromatic carbocycles. The first-order chi connectivity index (χ1) is 8.20. The van der Waals surface area contributed by atoms with Gasteiger partial charge in [0.2, 0.25) is 0 Å². The predicted molar refractivity (Wildman–Crippen MR) is 73.3 cm³/mol. The fourth-order valence-electron chi connectivity index (χ4n) is 2.26. The minimum absolute atomic E-state index is 0.0101. The largest absolute Gasteiger partial charge is 0.399 e. The van der Waals surface area contributed by atoms with Crippen LogP contribution in [0.15, 0.2) is 24.3 Å². The van der Waals surface area contributed by atoms with Gasteiger partial charge in [0, 0.05) is 22.5 Å². The predicted octanol–water partition coefficient (Wildman–Crippen LogP) is 2.28. The van der Waals surface area contributed by atoms with E-state index in [4.69, 9.17) is 5.73 Å². The molecule has 1 aliphatic rings. The van der Waals surface area contributed by atoms with Gasteiger partial charge in [-0.05, 0) is 43.4 Å². The molecule has 1 amide bonds. The number of amides is 1. The zero-order valence-corrected chi connectivity index (χ0v) is 10.8. The number of rotatable bonds is 3. The summed E-state index contributed by atoms with van der Waals surface area (Å²) >= 11 is 1.85. The van der Waals surface area contributed by atoms with Crippen LogP contribution < -0.4 is 11.1 Å². The van der Waals surface area contributed by atoms with Crippen molar-refractivity contribution in [2.45, 2.75) is 30.6 Å². The van der Waals surface area contributed by atoms with Crippen LogP contribution in [0.3, 0.4) is 0 Å². The second-order valence-electron chi connectivity index (χ2n) is 4.41. The Hall–Kier alpha value is -1.16. The zero-order valence-electron chi connectivity index (χ0n) is 9.98. The molecule has 3 N–H and O–H groups in total. The van der Waals surface area contributed by atoms with E-state index in [9.17, 15) is 4.79 Å². The van der Waals surface area contributed by atoms with Gasteiger partial charge in [-0.3, -0.25) is 4.79 Å². The van der Waals surface area contributed by atoms with Gasteiger partial charge in [-0.1, -0.05) is 6.42 Å². The lowest BCUT2D eigenvalue weighted by molar-refractivity contribution is 0.0939. The van der Waals surface area contributed by atoms with E-state index in [1.807, 2.05) is 11.8 Å². The van der Waals surface area contributed by atoms with E-state index in [1.54, 1.807) is 24.3 Å². The molecule has 1 saturated carbocycles. The van der Waals surface area contributed by atoms with Gasteiger partial charge in [-0.25, -0.2) is 0 Å². The normalized spacial score (nSPS) is 23.6. The molecule has 1 aromatic rings. The Morgan fingerprint density at radius 3 is 2.71 bits per heavy atom. The molecule has 2 atom stereocenters. The molecule has 2 rings (SSSR count). The molecule has 0 aromatic heterocycles. The van der Waals surface area contributed by atoms with E-state index in [2.05, 4.69) is 11.6 Å². The quantitative estimate of drug-likeness (QED) is 0.809. The minimum atomic E-state index is 0.0101. The van der Waals surface area contributed by atoms with E-state index in [0.29, 0.717) is 22.5 Å². The van der Waals surface area contributed by atoms with Crippen LogP contribution in [-0.4, -0.2) is 23.5 Å². The van der Waals surface area contributed by atoms with Crippen LogP contribution >= 0.6 is 11.8 Å². The second-order valence-corrected chi connectivity index (χ2v) is 5.48.